The van der Waals surface area contributed by atoms with Crippen molar-refractivity contribution in [2.45, 2.75) is 45.4 Å². The maximum atomic E-state index is 6.03. The summed E-state index contributed by atoms with van der Waals surface area (Å²) in [5.74, 6) is 1.71. The first-order valence-corrected chi connectivity index (χ1v) is 6.30. The number of hydrogen-bond acceptors (Lipinski definition) is 1. The van der Waals surface area contributed by atoms with Crippen molar-refractivity contribution in [3.8, 4) is 0 Å². The molecule has 0 N–H and O–H groups in total. The van der Waals surface area contributed by atoms with Crippen molar-refractivity contribution in [1.82, 2.24) is 0 Å². The predicted octanol–water partition coefficient (Wildman–Crippen LogP) is 4.44. The van der Waals surface area contributed by atoms with Crippen LogP contribution in [0.25, 0.3) is 11.0 Å². The van der Waals surface area contributed by atoms with E-state index in [1.54, 1.807) is 0 Å². The highest BCUT2D eigenvalue weighted by atomic mass is 16.3. The summed E-state index contributed by atoms with van der Waals surface area (Å²) in [6.45, 7) is 4.44. The van der Waals surface area contributed by atoms with E-state index in [4.69, 9.17) is 4.42 Å². The zero-order valence-corrected chi connectivity index (χ0v) is 10.0. The van der Waals surface area contributed by atoms with E-state index in [1.807, 2.05) is 0 Å². The molecule has 0 radical (unpaired) electrons. The molecule has 0 aliphatic heterocycles. The van der Waals surface area contributed by atoms with Crippen molar-refractivity contribution in [2.24, 2.45) is 0 Å². The molecule has 1 heterocycles. The molecule has 16 heavy (non-hydrogen) atoms. The Hall–Kier alpha value is -1.24. The van der Waals surface area contributed by atoms with Gasteiger partial charge >= 0.3 is 0 Å². The molecule has 0 atom stereocenters. The Bertz CT molecular complexity index is 519. The van der Waals surface area contributed by atoms with E-state index < -0.39 is 0 Å². The van der Waals surface area contributed by atoms with Gasteiger partial charge in [0.15, 0.2) is 0 Å². The molecular formula is C15H18O. The summed E-state index contributed by atoms with van der Waals surface area (Å²) < 4.78 is 6.03. The van der Waals surface area contributed by atoms with Crippen LogP contribution in [0.15, 0.2) is 22.6 Å². The Morgan fingerprint density at radius 2 is 1.94 bits per heavy atom. The molecule has 0 spiro atoms. The first-order valence-electron chi connectivity index (χ1n) is 6.30. The molecule has 3 rings (SSSR count). The van der Waals surface area contributed by atoms with Crippen molar-refractivity contribution in [3.63, 3.8) is 0 Å². The van der Waals surface area contributed by atoms with Crippen molar-refractivity contribution in [2.75, 3.05) is 0 Å². The second-order valence-electron chi connectivity index (χ2n) is 5.10. The second-order valence-corrected chi connectivity index (χ2v) is 5.10. The molecule has 0 amide bonds. The van der Waals surface area contributed by atoms with Crippen LogP contribution in [-0.4, -0.2) is 0 Å². The minimum absolute atomic E-state index is 0.494. The van der Waals surface area contributed by atoms with Crippen LogP contribution < -0.4 is 0 Å². The van der Waals surface area contributed by atoms with Gasteiger partial charge in [0.1, 0.15) is 11.3 Å². The van der Waals surface area contributed by atoms with Gasteiger partial charge < -0.3 is 4.42 Å². The smallest absolute Gasteiger partial charge is 0.134 e. The monoisotopic (exact) mass is 214 g/mol. The van der Waals surface area contributed by atoms with Crippen LogP contribution in [0.4, 0.5) is 0 Å². The molecule has 0 saturated carbocycles. The first kappa shape index (κ1) is 9.95. The summed E-state index contributed by atoms with van der Waals surface area (Å²) >= 11 is 0. The Morgan fingerprint density at radius 3 is 2.75 bits per heavy atom. The third-order valence-corrected chi connectivity index (χ3v) is 3.58. The van der Waals surface area contributed by atoms with E-state index in [1.165, 1.54) is 48.0 Å². The molecule has 0 bridgehead atoms. The lowest BCUT2D eigenvalue weighted by molar-refractivity contribution is 0.512. The third-order valence-electron chi connectivity index (χ3n) is 3.58. The summed E-state index contributed by atoms with van der Waals surface area (Å²) in [6.07, 6.45) is 5.01. The van der Waals surface area contributed by atoms with Crippen molar-refractivity contribution in [1.29, 1.82) is 0 Å². The highest BCUT2D eigenvalue weighted by Crippen LogP contribution is 2.36. The van der Waals surface area contributed by atoms with Crippen molar-refractivity contribution >= 4 is 11.0 Å². The Labute approximate surface area is 96.5 Å². The van der Waals surface area contributed by atoms with Gasteiger partial charge in [-0.3, -0.25) is 0 Å². The van der Waals surface area contributed by atoms with Gasteiger partial charge in [0.2, 0.25) is 0 Å². The SMILES string of the molecule is CC(C)c1oc2cccc3c2c1CCCC3. The molecule has 0 unspecified atom stereocenters. The highest BCUT2D eigenvalue weighted by molar-refractivity contribution is 5.86. The van der Waals surface area contributed by atoms with Gasteiger partial charge in [0.05, 0.1) is 0 Å². The summed E-state index contributed by atoms with van der Waals surface area (Å²) in [7, 11) is 0. The standard InChI is InChI=1S/C15H18O/c1-10(2)15-12-8-4-3-6-11-7-5-9-13(16-15)14(11)12/h5,7,9-10H,3-4,6,8H2,1-2H3. The molecule has 1 nitrogen and oxygen atoms in total. The van der Waals surface area contributed by atoms with Crippen LogP contribution in [0.2, 0.25) is 0 Å². The number of benzene rings is 1. The average Bonchev–Trinajstić information content (AvgIpc) is 2.50. The van der Waals surface area contributed by atoms with Crippen molar-refractivity contribution < 1.29 is 4.42 Å². The quantitative estimate of drug-likeness (QED) is 0.684. The molecule has 1 aliphatic carbocycles. The molecule has 1 aliphatic rings. The number of hydrogen-bond donors (Lipinski definition) is 0. The summed E-state index contributed by atoms with van der Waals surface area (Å²) in [4.78, 5) is 0. The van der Waals surface area contributed by atoms with Gasteiger partial charge in [0, 0.05) is 16.9 Å². The summed E-state index contributed by atoms with van der Waals surface area (Å²) in [5.41, 5.74) is 4.07. The minimum atomic E-state index is 0.494. The maximum Gasteiger partial charge on any atom is 0.134 e. The van der Waals surface area contributed by atoms with Gasteiger partial charge in [0.25, 0.3) is 0 Å². The van der Waals surface area contributed by atoms with Gasteiger partial charge in [-0.05, 0) is 37.3 Å². The van der Waals surface area contributed by atoms with Crippen molar-refractivity contribution in [3.05, 3.63) is 35.1 Å². The van der Waals surface area contributed by atoms with Gasteiger partial charge in [-0.1, -0.05) is 26.0 Å². The fourth-order valence-corrected chi connectivity index (χ4v) is 2.85. The molecular weight excluding hydrogens is 196 g/mol. The topological polar surface area (TPSA) is 13.1 Å². The zero-order chi connectivity index (χ0) is 11.1. The van der Waals surface area contributed by atoms with Gasteiger partial charge in [-0.25, -0.2) is 0 Å². The van der Waals surface area contributed by atoms with E-state index in [0.29, 0.717) is 5.92 Å². The van der Waals surface area contributed by atoms with Crippen LogP contribution in [0.3, 0.4) is 0 Å². The normalized spacial score (nSPS) is 15.7. The van der Waals surface area contributed by atoms with E-state index in [9.17, 15) is 0 Å². The summed E-state index contributed by atoms with van der Waals surface area (Å²) in [5, 5.41) is 1.42. The maximum absolute atomic E-state index is 6.03. The largest absolute Gasteiger partial charge is 0.460 e. The first-order chi connectivity index (χ1) is 7.77. The Balaban J connectivity index is 2.34. The molecule has 0 saturated heterocycles. The molecule has 1 aromatic heterocycles. The third kappa shape index (κ3) is 1.38. The Morgan fingerprint density at radius 1 is 1.12 bits per heavy atom. The van der Waals surface area contributed by atoms with Gasteiger partial charge in [-0.15, -0.1) is 0 Å². The average molecular weight is 214 g/mol. The lowest BCUT2D eigenvalue weighted by Gasteiger charge is -2.03. The van der Waals surface area contributed by atoms with Gasteiger partial charge in [-0.2, -0.15) is 0 Å². The molecule has 0 fully saturated rings. The second kappa shape index (κ2) is 3.65. The highest BCUT2D eigenvalue weighted by Gasteiger charge is 2.20. The predicted molar refractivity (Wildman–Crippen MR) is 66.9 cm³/mol. The van der Waals surface area contributed by atoms with E-state index in [0.717, 1.165) is 5.58 Å². The van der Waals surface area contributed by atoms with Crippen LogP contribution >= 0.6 is 0 Å². The van der Waals surface area contributed by atoms with E-state index >= 15 is 0 Å². The molecule has 84 valence electrons. The fraction of sp³-hybridized carbons (Fsp3) is 0.467. The molecule has 1 heteroatoms. The number of rotatable bonds is 1. The van der Waals surface area contributed by atoms with E-state index in [-0.39, 0.29) is 0 Å². The lowest BCUT2D eigenvalue weighted by Crippen LogP contribution is -1.91. The number of aryl methyl sites for hydroxylation is 2. The fourth-order valence-electron chi connectivity index (χ4n) is 2.85. The van der Waals surface area contributed by atoms with Crippen LogP contribution in [0.5, 0.6) is 0 Å². The van der Waals surface area contributed by atoms with Crippen LogP contribution in [-0.2, 0) is 12.8 Å². The molecule has 1 aromatic carbocycles. The molecule has 2 aromatic rings. The summed E-state index contributed by atoms with van der Waals surface area (Å²) in [6, 6.07) is 6.50. The zero-order valence-electron chi connectivity index (χ0n) is 10.0. The van der Waals surface area contributed by atoms with Crippen LogP contribution in [0, 0.1) is 0 Å². The lowest BCUT2D eigenvalue weighted by atomic mass is 9.99. The Kier molecular flexibility index (Phi) is 2.27. The minimum Gasteiger partial charge on any atom is -0.460 e. The van der Waals surface area contributed by atoms with E-state index in [2.05, 4.69) is 32.0 Å². The van der Waals surface area contributed by atoms with Crippen LogP contribution in [0.1, 0.15) is 49.5 Å². The number of furan rings is 1.